The highest BCUT2D eigenvalue weighted by molar-refractivity contribution is 5.58. The van der Waals surface area contributed by atoms with Gasteiger partial charge in [-0.15, -0.1) is 0 Å². The lowest BCUT2D eigenvalue weighted by Gasteiger charge is -2.31. The Bertz CT molecular complexity index is 502. The van der Waals surface area contributed by atoms with Gasteiger partial charge in [0.1, 0.15) is 6.20 Å². The molecule has 0 radical (unpaired) electrons. The fourth-order valence-corrected chi connectivity index (χ4v) is 2.56. The Kier molecular flexibility index (Phi) is 4.86. The third-order valence-electron chi connectivity index (χ3n) is 3.81. The summed E-state index contributed by atoms with van der Waals surface area (Å²) in [4.78, 5) is 22.7. The number of nitrogen functional groups attached to an aromatic ring is 1. The average molecular weight is 295 g/mol. The van der Waals surface area contributed by atoms with Crippen molar-refractivity contribution in [3.63, 3.8) is 0 Å². The number of nitrogens with zero attached hydrogens (tertiary/aromatic N) is 5. The van der Waals surface area contributed by atoms with Crippen LogP contribution in [0.5, 0.6) is 0 Å². The molecule has 0 spiro atoms. The Labute approximate surface area is 123 Å². The molecule has 9 nitrogen and oxygen atoms in total. The molecule has 0 amide bonds. The third kappa shape index (κ3) is 3.76. The van der Waals surface area contributed by atoms with Crippen LogP contribution in [0.1, 0.15) is 12.8 Å². The molecule has 2 rings (SSSR count). The van der Waals surface area contributed by atoms with E-state index in [1.165, 1.54) is 6.20 Å². The van der Waals surface area contributed by atoms with Gasteiger partial charge in [0.25, 0.3) is 0 Å². The Balaban J connectivity index is 2.13. The van der Waals surface area contributed by atoms with Crippen molar-refractivity contribution in [2.75, 3.05) is 44.1 Å². The van der Waals surface area contributed by atoms with E-state index in [9.17, 15) is 10.1 Å². The van der Waals surface area contributed by atoms with E-state index < -0.39 is 4.92 Å². The van der Waals surface area contributed by atoms with Gasteiger partial charge < -0.3 is 9.80 Å². The van der Waals surface area contributed by atoms with Crippen molar-refractivity contribution in [3.8, 4) is 0 Å². The first-order chi connectivity index (χ1) is 10.0. The van der Waals surface area contributed by atoms with Gasteiger partial charge in [0.05, 0.1) is 4.92 Å². The summed E-state index contributed by atoms with van der Waals surface area (Å²) in [5, 5.41) is 11.1. The van der Waals surface area contributed by atoms with E-state index in [0.29, 0.717) is 11.7 Å². The van der Waals surface area contributed by atoms with Crippen LogP contribution in [0.3, 0.4) is 0 Å². The van der Waals surface area contributed by atoms with Gasteiger partial charge in [0.2, 0.25) is 11.8 Å². The van der Waals surface area contributed by atoms with Crippen molar-refractivity contribution in [1.29, 1.82) is 0 Å². The van der Waals surface area contributed by atoms with Crippen LogP contribution in [0.25, 0.3) is 0 Å². The van der Waals surface area contributed by atoms with E-state index >= 15 is 0 Å². The smallest absolute Gasteiger partial charge is 0.329 e. The van der Waals surface area contributed by atoms with Crippen molar-refractivity contribution in [1.82, 2.24) is 14.9 Å². The summed E-state index contributed by atoms with van der Waals surface area (Å²) in [6, 6.07) is 0. The molecule has 21 heavy (non-hydrogen) atoms. The molecule has 0 aliphatic carbocycles. The summed E-state index contributed by atoms with van der Waals surface area (Å²) in [6.07, 6.45) is 3.35. The predicted octanol–water partition coefficient (Wildman–Crippen LogP) is 0.448. The van der Waals surface area contributed by atoms with Crippen LogP contribution in [0, 0.1) is 16.0 Å². The lowest BCUT2D eigenvalue weighted by Crippen LogP contribution is -2.36. The second kappa shape index (κ2) is 6.64. The Hall–Kier alpha value is -2.00. The minimum absolute atomic E-state index is 0.107. The first-order valence-electron chi connectivity index (χ1n) is 6.89. The van der Waals surface area contributed by atoms with E-state index in [1.807, 2.05) is 11.9 Å². The van der Waals surface area contributed by atoms with Crippen LogP contribution in [0.15, 0.2) is 6.20 Å². The maximum atomic E-state index is 11.1. The van der Waals surface area contributed by atoms with Gasteiger partial charge in [-0.1, -0.05) is 0 Å². The lowest BCUT2D eigenvalue weighted by atomic mass is 9.97. The standard InChI is InChI=1S/C12H21N7O2/c1-17-5-3-9(4-6-17)8-18(2)11-10(19(20)21)7-14-12(15-11)16-13/h7,9H,3-6,8,13H2,1-2H3,(H,14,15,16). The van der Waals surface area contributed by atoms with Crippen molar-refractivity contribution in [2.45, 2.75) is 12.8 Å². The van der Waals surface area contributed by atoms with Gasteiger partial charge in [-0.2, -0.15) is 4.98 Å². The fourth-order valence-electron chi connectivity index (χ4n) is 2.56. The predicted molar refractivity (Wildman–Crippen MR) is 80.0 cm³/mol. The molecule has 2 heterocycles. The summed E-state index contributed by atoms with van der Waals surface area (Å²) in [5.74, 6) is 6.25. The Morgan fingerprint density at radius 2 is 2.24 bits per heavy atom. The molecule has 116 valence electrons. The van der Waals surface area contributed by atoms with E-state index in [2.05, 4.69) is 27.3 Å². The average Bonchev–Trinajstić information content (AvgIpc) is 2.48. The van der Waals surface area contributed by atoms with Crippen molar-refractivity contribution in [3.05, 3.63) is 16.3 Å². The summed E-state index contributed by atoms with van der Waals surface area (Å²) < 4.78 is 0. The molecule has 1 saturated heterocycles. The van der Waals surface area contributed by atoms with Crippen LogP contribution in [0.4, 0.5) is 17.5 Å². The molecule has 0 aromatic carbocycles. The highest BCUT2D eigenvalue weighted by atomic mass is 16.6. The second-order valence-electron chi connectivity index (χ2n) is 5.43. The van der Waals surface area contributed by atoms with Crippen molar-refractivity contribution >= 4 is 17.5 Å². The Morgan fingerprint density at radius 1 is 1.57 bits per heavy atom. The number of aromatic nitrogens is 2. The zero-order valence-electron chi connectivity index (χ0n) is 12.3. The molecular weight excluding hydrogens is 274 g/mol. The first-order valence-corrected chi connectivity index (χ1v) is 6.89. The van der Waals surface area contributed by atoms with E-state index in [4.69, 9.17) is 5.84 Å². The lowest BCUT2D eigenvalue weighted by molar-refractivity contribution is -0.384. The molecule has 9 heteroatoms. The van der Waals surface area contributed by atoms with Crippen LogP contribution >= 0.6 is 0 Å². The molecule has 0 bridgehead atoms. The summed E-state index contributed by atoms with van der Waals surface area (Å²) in [5.41, 5.74) is 2.21. The van der Waals surface area contributed by atoms with Gasteiger partial charge >= 0.3 is 5.69 Å². The zero-order chi connectivity index (χ0) is 15.4. The highest BCUT2D eigenvalue weighted by Gasteiger charge is 2.24. The summed E-state index contributed by atoms with van der Waals surface area (Å²) in [7, 11) is 3.92. The van der Waals surface area contributed by atoms with Crippen LogP contribution in [-0.2, 0) is 0 Å². The quantitative estimate of drug-likeness (QED) is 0.457. The van der Waals surface area contributed by atoms with Gasteiger partial charge in [-0.3, -0.25) is 15.5 Å². The van der Waals surface area contributed by atoms with Gasteiger partial charge in [-0.25, -0.2) is 10.8 Å². The normalized spacial score (nSPS) is 16.7. The van der Waals surface area contributed by atoms with Gasteiger partial charge in [0, 0.05) is 13.6 Å². The molecular formula is C12H21N7O2. The number of hydrogen-bond acceptors (Lipinski definition) is 8. The number of rotatable bonds is 5. The van der Waals surface area contributed by atoms with Gasteiger partial charge in [0.15, 0.2) is 0 Å². The fraction of sp³-hybridized carbons (Fsp3) is 0.667. The number of hydrogen-bond donors (Lipinski definition) is 2. The minimum atomic E-state index is -0.471. The molecule has 1 aromatic heterocycles. The van der Waals surface area contributed by atoms with Crippen LogP contribution in [0.2, 0.25) is 0 Å². The molecule has 0 saturated carbocycles. The minimum Gasteiger partial charge on any atom is -0.354 e. The number of nitro groups is 1. The van der Waals surface area contributed by atoms with Crippen LogP contribution < -0.4 is 16.2 Å². The SMILES string of the molecule is CN1CCC(CN(C)c2nc(NN)ncc2[N+](=O)[O-])CC1. The van der Waals surface area contributed by atoms with Crippen molar-refractivity contribution in [2.24, 2.45) is 11.8 Å². The number of nitrogens with one attached hydrogen (secondary N) is 1. The first kappa shape index (κ1) is 15.4. The number of anilines is 2. The highest BCUT2D eigenvalue weighted by Crippen LogP contribution is 2.27. The van der Waals surface area contributed by atoms with E-state index in [-0.39, 0.29) is 11.6 Å². The molecule has 1 aliphatic heterocycles. The Morgan fingerprint density at radius 3 is 2.81 bits per heavy atom. The zero-order valence-corrected chi connectivity index (χ0v) is 12.3. The number of likely N-dealkylation sites (tertiary alicyclic amines) is 1. The largest absolute Gasteiger partial charge is 0.354 e. The maximum absolute atomic E-state index is 11.1. The molecule has 0 atom stereocenters. The summed E-state index contributed by atoms with van der Waals surface area (Å²) in [6.45, 7) is 2.84. The van der Waals surface area contributed by atoms with E-state index in [1.54, 1.807) is 0 Å². The number of hydrazine groups is 1. The topological polar surface area (TPSA) is 113 Å². The third-order valence-corrected chi connectivity index (χ3v) is 3.81. The maximum Gasteiger partial charge on any atom is 0.329 e. The molecule has 0 unspecified atom stereocenters. The molecule has 3 N–H and O–H groups in total. The molecule has 1 aliphatic rings. The van der Waals surface area contributed by atoms with Crippen molar-refractivity contribution < 1.29 is 4.92 Å². The number of nitrogens with two attached hydrogens (primary N) is 1. The molecule has 1 fully saturated rings. The second-order valence-corrected chi connectivity index (χ2v) is 5.43. The summed E-state index contributed by atoms with van der Waals surface area (Å²) >= 11 is 0. The number of piperidine rings is 1. The van der Waals surface area contributed by atoms with E-state index in [0.717, 1.165) is 32.5 Å². The van der Waals surface area contributed by atoms with Gasteiger partial charge in [-0.05, 0) is 38.9 Å². The van der Waals surface area contributed by atoms with Crippen LogP contribution in [-0.4, -0.2) is 53.5 Å². The molecule has 1 aromatic rings. The monoisotopic (exact) mass is 295 g/mol.